The Bertz CT molecular complexity index is 522. The first-order valence-corrected chi connectivity index (χ1v) is 7.83. The molecule has 3 heteroatoms. The van der Waals surface area contributed by atoms with Crippen molar-refractivity contribution in [1.29, 1.82) is 0 Å². The molecule has 22 heavy (non-hydrogen) atoms. The van der Waals surface area contributed by atoms with Crippen LogP contribution in [0.1, 0.15) is 24.7 Å². The van der Waals surface area contributed by atoms with Crippen LogP contribution in [0.4, 0.5) is 0 Å². The van der Waals surface area contributed by atoms with Crippen molar-refractivity contribution in [3.8, 4) is 0 Å². The van der Waals surface area contributed by atoms with Crippen molar-refractivity contribution in [2.45, 2.75) is 32.5 Å². The molecule has 2 aromatic rings. The van der Waals surface area contributed by atoms with Gasteiger partial charge < -0.3 is 14.5 Å². The molecule has 0 bridgehead atoms. The van der Waals surface area contributed by atoms with E-state index >= 15 is 0 Å². The van der Waals surface area contributed by atoms with E-state index in [9.17, 15) is 0 Å². The molecule has 0 aliphatic carbocycles. The number of hydrogen-bond donors (Lipinski definition) is 1. The Balaban J connectivity index is 1.78. The first kappa shape index (κ1) is 16.5. The average Bonchev–Trinajstić information content (AvgIpc) is 3.08. The zero-order chi connectivity index (χ0) is 15.6. The van der Waals surface area contributed by atoms with Gasteiger partial charge in [-0.3, -0.25) is 0 Å². The topological polar surface area (TPSA) is 34.4 Å². The molecule has 0 fully saturated rings. The Hall–Kier alpha value is -1.84. The predicted molar refractivity (Wildman–Crippen MR) is 89.4 cm³/mol. The van der Waals surface area contributed by atoms with Gasteiger partial charge in [-0.05, 0) is 24.1 Å². The van der Waals surface area contributed by atoms with Crippen molar-refractivity contribution in [3.05, 3.63) is 72.7 Å². The fraction of sp³-hybridized carbons (Fsp3) is 0.368. The van der Waals surface area contributed by atoms with Gasteiger partial charge in [0, 0.05) is 12.0 Å². The zero-order valence-corrected chi connectivity index (χ0v) is 13.2. The largest absolute Gasteiger partial charge is 0.468 e. The van der Waals surface area contributed by atoms with Crippen LogP contribution in [0.3, 0.4) is 0 Å². The maximum Gasteiger partial charge on any atom is 0.117 e. The van der Waals surface area contributed by atoms with Crippen LogP contribution in [-0.2, 0) is 17.9 Å². The van der Waals surface area contributed by atoms with E-state index in [4.69, 9.17) is 9.15 Å². The van der Waals surface area contributed by atoms with Crippen LogP contribution in [-0.4, -0.2) is 12.6 Å². The SMILES string of the molecule is C=C[C@H](NCc1ccco1)[C@H](CC)COCc1ccccc1. The second-order valence-electron chi connectivity index (χ2n) is 5.39. The van der Waals surface area contributed by atoms with Crippen molar-refractivity contribution >= 4 is 0 Å². The summed E-state index contributed by atoms with van der Waals surface area (Å²) in [5.74, 6) is 1.34. The normalized spacial score (nSPS) is 13.7. The lowest BCUT2D eigenvalue weighted by Gasteiger charge is -2.24. The summed E-state index contributed by atoms with van der Waals surface area (Å²) in [6.07, 6.45) is 4.69. The molecule has 0 aliphatic rings. The van der Waals surface area contributed by atoms with Crippen LogP contribution in [0.25, 0.3) is 0 Å². The van der Waals surface area contributed by atoms with E-state index in [-0.39, 0.29) is 6.04 Å². The summed E-state index contributed by atoms with van der Waals surface area (Å²) >= 11 is 0. The van der Waals surface area contributed by atoms with Gasteiger partial charge in [0.15, 0.2) is 0 Å². The van der Waals surface area contributed by atoms with E-state index in [0.29, 0.717) is 25.7 Å². The molecule has 1 N–H and O–H groups in total. The fourth-order valence-electron chi connectivity index (χ4n) is 2.45. The molecule has 0 saturated carbocycles. The first-order valence-electron chi connectivity index (χ1n) is 7.83. The molecule has 3 nitrogen and oxygen atoms in total. The molecule has 1 aromatic carbocycles. The van der Waals surface area contributed by atoms with Crippen molar-refractivity contribution in [2.75, 3.05) is 6.61 Å². The second kappa shape index (κ2) is 9.23. The minimum Gasteiger partial charge on any atom is -0.468 e. The minimum atomic E-state index is 0.214. The minimum absolute atomic E-state index is 0.214. The number of rotatable bonds is 10. The van der Waals surface area contributed by atoms with Gasteiger partial charge in [-0.2, -0.15) is 0 Å². The number of benzene rings is 1. The van der Waals surface area contributed by atoms with Gasteiger partial charge in [0.2, 0.25) is 0 Å². The van der Waals surface area contributed by atoms with E-state index in [2.05, 4.69) is 31.0 Å². The highest BCUT2D eigenvalue weighted by Crippen LogP contribution is 2.13. The lowest BCUT2D eigenvalue weighted by Crippen LogP contribution is -2.36. The zero-order valence-electron chi connectivity index (χ0n) is 13.2. The molecule has 1 aromatic heterocycles. The lowest BCUT2D eigenvalue weighted by molar-refractivity contribution is 0.0770. The van der Waals surface area contributed by atoms with Gasteiger partial charge in [0.05, 0.1) is 26.0 Å². The summed E-state index contributed by atoms with van der Waals surface area (Å²) in [6, 6.07) is 14.3. The molecule has 2 rings (SSSR count). The van der Waals surface area contributed by atoms with Crippen LogP contribution in [0, 0.1) is 5.92 Å². The Kier molecular flexibility index (Phi) is 6.94. The summed E-state index contributed by atoms with van der Waals surface area (Å²) in [6.45, 7) is 8.20. The van der Waals surface area contributed by atoms with Crippen LogP contribution in [0.2, 0.25) is 0 Å². The Morgan fingerprint density at radius 2 is 2.05 bits per heavy atom. The van der Waals surface area contributed by atoms with Crippen LogP contribution in [0.5, 0.6) is 0 Å². The molecule has 0 amide bonds. The van der Waals surface area contributed by atoms with Crippen LogP contribution in [0.15, 0.2) is 65.8 Å². The molecule has 0 unspecified atom stereocenters. The van der Waals surface area contributed by atoms with Gasteiger partial charge in [0.25, 0.3) is 0 Å². The van der Waals surface area contributed by atoms with Gasteiger partial charge in [-0.25, -0.2) is 0 Å². The van der Waals surface area contributed by atoms with E-state index in [0.717, 1.165) is 12.2 Å². The quantitative estimate of drug-likeness (QED) is 0.669. The van der Waals surface area contributed by atoms with Gasteiger partial charge in [-0.1, -0.05) is 43.3 Å². The standard InChI is InChI=1S/C19H25NO2/c1-3-17(15-21-14-16-9-6-5-7-10-16)19(4-2)20-13-18-11-8-12-22-18/h4-12,17,19-20H,2-3,13-15H2,1H3/t17-,19+/m1/s1. The Labute approximate surface area is 133 Å². The molecular weight excluding hydrogens is 274 g/mol. The summed E-state index contributed by atoms with van der Waals surface area (Å²) in [5.41, 5.74) is 1.20. The molecular formula is C19H25NO2. The number of furan rings is 1. The third-order valence-corrected chi connectivity index (χ3v) is 3.82. The molecule has 2 atom stereocenters. The molecule has 0 saturated heterocycles. The summed E-state index contributed by atoms with van der Waals surface area (Å²) < 4.78 is 11.2. The maximum absolute atomic E-state index is 5.88. The highest BCUT2D eigenvalue weighted by Gasteiger charge is 2.17. The lowest BCUT2D eigenvalue weighted by atomic mass is 9.97. The van der Waals surface area contributed by atoms with E-state index in [1.165, 1.54) is 5.56 Å². The number of hydrogen-bond acceptors (Lipinski definition) is 3. The number of nitrogens with one attached hydrogen (secondary N) is 1. The number of ether oxygens (including phenoxy) is 1. The first-order chi connectivity index (χ1) is 10.8. The monoisotopic (exact) mass is 299 g/mol. The summed E-state index contributed by atoms with van der Waals surface area (Å²) in [5, 5.41) is 3.48. The fourth-order valence-corrected chi connectivity index (χ4v) is 2.45. The predicted octanol–water partition coefficient (Wildman–Crippen LogP) is 4.17. The molecule has 0 spiro atoms. The van der Waals surface area contributed by atoms with E-state index in [1.54, 1.807) is 6.26 Å². The highest BCUT2D eigenvalue weighted by atomic mass is 16.5. The van der Waals surface area contributed by atoms with E-state index < -0.39 is 0 Å². The van der Waals surface area contributed by atoms with Crippen molar-refractivity contribution in [2.24, 2.45) is 5.92 Å². The molecule has 1 heterocycles. The molecule has 0 radical (unpaired) electrons. The molecule has 0 aliphatic heterocycles. The Morgan fingerprint density at radius 3 is 2.68 bits per heavy atom. The van der Waals surface area contributed by atoms with Crippen molar-refractivity contribution < 1.29 is 9.15 Å². The summed E-state index contributed by atoms with van der Waals surface area (Å²) in [7, 11) is 0. The smallest absolute Gasteiger partial charge is 0.117 e. The summed E-state index contributed by atoms with van der Waals surface area (Å²) in [4.78, 5) is 0. The highest BCUT2D eigenvalue weighted by molar-refractivity contribution is 5.13. The molecule has 118 valence electrons. The maximum atomic E-state index is 5.88. The van der Waals surface area contributed by atoms with Crippen LogP contribution < -0.4 is 5.32 Å². The second-order valence-corrected chi connectivity index (χ2v) is 5.39. The van der Waals surface area contributed by atoms with Crippen molar-refractivity contribution in [3.63, 3.8) is 0 Å². The van der Waals surface area contributed by atoms with Gasteiger partial charge in [0.1, 0.15) is 5.76 Å². The van der Waals surface area contributed by atoms with Gasteiger partial charge in [-0.15, -0.1) is 6.58 Å². The third-order valence-electron chi connectivity index (χ3n) is 3.82. The van der Waals surface area contributed by atoms with Crippen LogP contribution >= 0.6 is 0 Å². The average molecular weight is 299 g/mol. The third kappa shape index (κ3) is 5.17. The van der Waals surface area contributed by atoms with E-state index in [1.807, 2.05) is 36.4 Å². The van der Waals surface area contributed by atoms with Crippen molar-refractivity contribution in [1.82, 2.24) is 5.32 Å². The Morgan fingerprint density at radius 1 is 1.23 bits per heavy atom. The van der Waals surface area contributed by atoms with Gasteiger partial charge >= 0.3 is 0 Å².